The van der Waals surface area contributed by atoms with Crippen LogP contribution in [0.1, 0.15) is 10.4 Å². The van der Waals surface area contributed by atoms with Crippen LogP contribution in [-0.2, 0) is 14.3 Å². The van der Waals surface area contributed by atoms with Gasteiger partial charge in [0.05, 0.1) is 5.56 Å². The number of hydrogen-bond donors (Lipinski definition) is 2. The van der Waals surface area contributed by atoms with Crippen molar-refractivity contribution >= 4 is 17.8 Å². The summed E-state index contributed by atoms with van der Waals surface area (Å²) in [5, 5.41) is 0. The van der Waals surface area contributed by atoms with Crippen LogP contribution in [0.25, 0.3) is 0 Å². The summed E-state index contributed by atoms with van der Waals surface area (Å²) in [5.74, 6) is -0.898. The average Bonchev–Trinajstić information content (AvgIpc) is 2.70. The van der Waals surface area contributed by atoms with Crippen molar-refractivity contribution in [3.05, 3.63) is 60.2 Å². The Labute approximate surface area is 149 Å². The maximum Gasteiger partial charge on any atom is 0.338 e. The van der Waals surface area contributed by atoms with E-state index in [1.165, 1.54) is 0 Å². The van der Waals surface area contributed by atoms with Crippen molar-refractivity contribution in [3.8, 4) is 11.5 Å². The standard InChI is InChI=1S/C18H16N2O6/c21-16(11-25-18(23)12-6-2-1-3-7-12)19-20-17(22)15-10-24-13-8-4-5-9-14(13)26-15/h1-9,15H,10-11H2,(H,19,21)(H,20,22)/t15-/m1/s1. The van der Waals surface area contributed by atoms with Gasteiger partial charge in [-0.3, -0.25) is 20.4 Å². The van der Waals surface area contributed by atoms with E-state index in [1.54, 1.807) is 54.6 Å². The Kier molecular flexibility index (Phi) is 5.33. The van der Waals surface area contributed by atoms with Gasteiger partial charge in [-0.2, -0.15) is 0 Å². The van der Waals surface area contributed by atoms with Gasteiger partial charge in [-0.05, 0) is 24.3 Å². The molecule has 1 aliphatic heterocycles. The number of carbonyl (C=O) groups is 3. The molecule has 8 nitrogen and oxygen atoms in total. The Bertz CT molecular complexity index is 808. The number of hydrazine groups is 1. The van der Waals surface area contributed by atoms with Crippen molar-refractivity contribution in [2.24, 2.45) is 0 Å². The minimum absolute atomic E-state index is 0.0156. The summed E-state index contributed by atoms with van der Waals surface area (Å²) in [5.41, 5.74) is 4.70. The summed E-state index contributed by atoms with van der Waals surface area (Å²) in [7, 11) is 0. The Balaban J connectivity index is 1.42. The lowest BCUT2D eigenvalue weighted by Gasteiger charge is -2.25. The van der Waals surface area contributed by atoms with E-state index in [0.29, 0.717) is 17.1 Å². The summed E-state index contributed by atoms with van der Waals surface area (Å²) in [6.45, 7) is -0.513. The largest absolute Gasteiger partial charge is 0.485 e. The molecular formula is C18H16N2O6. The minimum atomic E-state index is -0.905. The highest BCUT2D eigenvalue weighted by atomic mass is 16.6. The van der Waals surface area contributed by atoms with Crippen LogP contribution < -0.4 is 20.3 Å². The molecule has 0 saturated heterocycles. The quantitative estimate of drug-likeness (QED) is 0.621. The van der Waals surface area contributed by atoms with Gasteiger partial charge >= 0.3 is 5.97 Å². The van der Waals surface area contributed by atoms with Crippen LogP contribution in [0.4, 0.5) is 0 Å². The maximum atomic E-state index is 12.0. The number of para-hydroxylation sites is 2. The van der Waals surface area contributed by atoms with E-state index in [0.717, 1.165) is 0 Å². The van der Waals surface area contributed by atoms with Crippen molar-refractivity contribution in [1.82, 2.24) is 10.9 Å². The number of rotatable bonds is 4. The zero-order valence-electron chi connectivity index (χ0n) is 13.6. The number of nitrogens with one attached hydrogen (secondary N) is 2. The topological polar surface area (TPSA) is 103 Å². The molecule has 1 atom stereocenters. The van der Waals surface area contributed by atoms with Crippen molar-refractivity contribution in [2.45, 2.75) is 6.10 Å². The smallest absolute Gasteiger partial charge is 0.338 e. The molecule has 2 aromatic carbocycles. The number of benzene rings is 2. The van der Waals surface area contributed by atoms with Crippen LogP contribution >= 0.6 is 0 Å². The van der Waals surface area contributed by atoms with Gasteiger partial charge in [0.2, 0.25) is 6.10 Å². The Morgan fingerprint density at radius 2 is 1.65 bits per heavy atom. The molecular weight excluding hydrogens is 340 g/mol. The van der Waals surface area contributed by atoms with E-state index in [1.807, 2.05) is 0 Å². The second-order valence-electron chi connectivity index (χ2n) is 5.34. The van der Waals surface area contributed by atoms with Gasteiger partial charge in [0.25, 0.3) is 11.8 Å². The van der Waals surface area contributed by atoms with E-state index in [-0.39, 0.29) is 6.61 Å². The van der Waals surface area contributed by atoms with Crippen molar-refractivity contribution in [1.29, 1.82) is 0 Å². The highest BCUT2D eigenvalue weighted by Gasteiger charge is 2.27. The normalized spacial score (nSPS) is 14.8. The first-order valence-electron chi connectivity index (χ1n) is 7.83. The summed E-state index contributed by atoms with van der Waals surface area (Å²) < 4.78 is 15.8. The SMILES string of the molecule is O=C(COC(=O)c1ccccc1)NNC(=O)[C@H]1COc2ccccc2O1. The molecule has 134 valence electrons. The van der Waals surface area contributed by atoms with Gasteiger partial charge in [-0.1, -0.05) is 30.3 Å². The highest BCUT2D eigenvalue weighted by molar-refractivity contribution is 5.91. The molecule has 8 heteroatoms. The summed E-state index contributed by atoms with van der Waals surface area (Å²) >= 11 is 0. The molecule has 2 amide bonds. The van der Waals surface area contributed by atoms with E-state index >= 15 is 0 Å². The van der Waals surface area contributed by atoms with Crippen molar-refractivity contribution < 1.29 is 28.6 Å². The van der Waals surface area contributed by atoms with E-state index in [4.69, 9.17) is 14.2 Å². The molecule has 1 heterocycles. The maximum absolute atomic E-state index is 12.0. The van der Waals surface area contributed by atoms with E-state index in [9.17, 15) is 14.4 Å². The predicted molar refractivity (Wildman–Crippen MR) is 89.4 cm³/mol. The zero-order valence-corrected chi connectivity index (χ0v) is 13.6. The fourth-order valence-electron chi connectivity index (χ4n) is 2.19. The zero-order chi connectivity index (χ0) is 18.4. The molecule has 26 heavy (non-hydrogen) atoms. The fraction of sp³-hybridized carbons (Fsp3) is 0.167. The third kappa shape index (κ3) is 4.29. The second-order valence-corrected chi connectivity index (χ2v) is 5.34. The monoisotopic (exact) mass is 356 g/mol. The van der Waals surface area contributed by atoms with Crippen LogP contribution in [0.3, 0.4) is 0 Å². The van der Waals surface area contributed by atoms with Gasteiger partial charge in [-0.15, -0.1) is 0 Å². The molecule has 2 N–H and O–H groups in total. The number of hydrogen-bond acceptors (Lipinski definition) is 6. The number of carbonyl (C=O) groups excluding carboxylic acids is 3. The van der Waals surface area contributed by atoms with E-state index < -0.39 is 30.5 Å². The second kappa shape index (κ2) is 8.02. The lowest BCUT2D eigenvalue weighted by atomic mass is 10.2. The number of fused-ring (bicyclic) bond motifs is 1. The van der Waals surface area contributed by atoms with Gasteiger partial charge in [-0.25, -0.2) is 4.79 Å². The molecule has 2 aromatic rings. The molecule has 3 rings (SSSR count). The van der Waals surface area contributed by atoms with Crippen LogP contribution in [0.2, 0.25) is 0 Å². The average molecular weight is 356 g/mol. The Hall–Kier alpha value is -3.55. The first kappa shape index (κ1) is 17.3. The highest BCUT2D eigenvalue weighted by Crippen LogP contribution is 2.30. The van der Waals surface area contributed by atoms with Crippen molar-refractivity contribution in [2.75, 3.05) is 13.2 Å². The molecule has 0 bridgehead atoms. The van der Waals surface area contributed by atoms with Crippen LogP contribution in [0, 0.1) is 0 Å². The number of esters is 1. The van der Waals surface area contributed by atoms with Gasteiger partial charge < -0.3 is 14.2 Å². The third-order valence-corrected chi connectivity index (χ3v) is 3.47. The molecule has 0 fully saturated rings. The number of ether oxygens (including phenoxy) is 3. The van der Waals surface area contributed by atoms with Crippen LogP contribution in [0.5, 0.6) is 11.5 Å². The fourth-order valence-corrected chi connectivity index (χ4v) is 2.19. The molecule has 0 aromatic heterocycles. The summed E-state index contributed by atoms with van der Waals surface area (Å²) in [6.07, 6.45) is -0.905. The van der Waals surface area contributed by atoms with Gasteiger partial charge in [0.1, 0.15) is 6.61 Å². The third-order valence-electron chi connectivity index (χ3n) is 3.47. The lowest BCUT2D eigenvalue weighted by Crippen LogP contribution is -2.51. The first-order valence-corrected chi connectivity index (χ1v) is 7.83. The minimum Gasteiger partial charge on any atom is -0.485 e. The number of amides is 2. The molecule has 0 aliphatic carbocycles. The Morgan fingerprint density at radius 1 is 0.962 bits per heavy atom. The molecule has 0 spiro atoms. The molecule has 1 aliphatic rings. The van der Waals surface area contributed by atoms with E-state index in [2.05, 4.69) is 10.9 Å². The molecule has 0 radical (unpaired) electrons. The summed E-state index contributed by atoms with van der Waals surface area (Å²) in [6, 6.07) is 15.2. The van der Waals surface area contributed by atoms with Crippen LogP contribution in [0.15, 0.2) is 54.6 Å². The first-order chi connectivity index (χ1) is 12.6. The molecule has 0 unspecified atom stereocenters. The van der Waals surface area contributed by atoms with Gasteiger partial charge in [0.15, 0.2) is 18.1 Å². The van der Waals surface area contributed by atoms with Crippen molar-refractivity contribution in [3.63, 3.8) is 0 Å². The van der Waals surface area contributed by atoms with Crippen LogP contribution in [-0.4, -0.2) is 37.1 Å². The summed E-state index contributed by atoms with van der Waals surface area (Å²) in [4.78, 5) is 35.4. The molecule has 0 saturated carbocycles. The predicted octanol–water partition coefficient (Wildman–Crippen LogP) is 0.831. The lowest BCUT2D eigenvalue weighted by molar-refractivity contribution is -0.135. The Morgan fingerprint density at radius 3 is 2.42 bits per heavy atom. The van der Waals surface area contributed by atoms with Gasteiger partial charge in [0, 0.05) is 0 Å².